The first-order valence-corrected chi connectivity index (χ1v) is 9.43. The molecule has 2 aliphatic rings. The van der Waals surface area contributed by atoms with E-state index in [0.29, 0.717) is 37.6 Å². The van der Waals surface area contributed by atoms with Gasteiger partial charge in [-0.05, 0) is 0 Å². The molecule has 10 nitrogen and oxygen atoms in total. The number of carbonyl (C=O) groups excluding carboxylic acids is 1. The van der Waals surface area contributed by atoms with Crippen LogP contribution < -0.4 is 14.5 Å². The molecule has 2 aliphatic heterocycles. The van der Waals surface area contributed by atoms with Crippen LogP contribution in [0.1, 0.15) is 10.4 Å². The maximum atomic E-state index is 12.8. The second-order valence-corrected chi connectivity index (χ2v) is 6.88. The van der Waals surface area contributed by atoms with E-state index >= 15 is 0 Å². The molecule has 28 heavy (non-hydrogen) atoms. The summed E-state index contributed by atoms with van der Waals surface area (Å²) in [6, 6.07) is 2.07. The summed E-state index contributed by atoms with van der Waals surface area (Å²) in [6.45, 7) is 5.82. The molecule has 10 heteroatoms. The first-order valence-electron chi connectivity index (χ1n) is 9.43. The Morgan fingerprint density at radius 1 is 1.11 bits per heavy atom. The van der Waals surface area contributed by atoms with Crippen molar-refractivity contribution in [3.05, 3.63) is 24.0 Å². The molecule has 0 atom stereocenters. The third-order valence-electron chi connectivity index (χ3n) is 5.11. The molecule has 2 aromatic heterocycles. The predicted octanol–water partition coefficient (Wildman–Crippen LogP) is 0.0177. The van der Waals surface area contributed by atoms with Gasteiger partial charge in [0.1, 0.15) is 5.56 Å². The zero-order chi connectivity index (χ0) is 19.5. The fourth-order valence-corrected chi connectivity index (χ4v) is 3.57. The molecule has 0 radical (unpaired) electrons. The van der Waals surface area contributed by atoms with Gasteiger partial charge in [-0.3, -0.25) is 9.48 Å². The van der Waals surface area contributed by atoms with E-state index in [1.54, 1.807) is 24.1 Å². The molecule has 0 spiro atoms. The summed E-state index contributed by atoms with van der Waals surface area (Å²) in [6.07, 6.45) is 3.49. The Labute approximate surface area is 163 Å². The van der Waals surface area contributed by atoms with E-state index in [-0.39, 0.29) is 5.91 Å². The third kappa shape index (κ3) is 3.72. The lowest BCUT2D eigenvalue weighted by Crippen LogP contribution is -2.49. The first kappa shape index (κ1) is 18.5. The van der Waals surface area contributed by atoms with Crippen molar-refractivity contribution in [1.29, 1.82) is 0 Å². The van der Waals surface area contributed by atoms with Crippen molar-refractivity contribution in [1.82, 2.24) is 24.9 Å². The average Bonchev–Trinajstić information content (AvgIpc) is 3.15. The van der Waals surface area contributed by atoms with Crippen LogP contribution in [0.3, 0.4) is 0 Å². The van der Waals surface area contributed by atoms with Gasteiger partial charge in [0.25, 0.3) is 5.91 Å². The Morgan fingerprint density at radius 2 is 1.86 bits per heavy atom. The summed E-state index contributed by atoms with van der Waals surface area (Å²) < 4.78 is 12.2. The number of methoxy groups -OCH3 is 1. The highest BCUT2D eigenvalue weighted by atomic mass is 16.5. The maximum Gasteiger partial charge on any atom is 0.261 e. The average molecular weight is 387 g/mol. The smallest absolute Gasteiger partial charge is 0.261 e. The van der Waals surface area contributed by atoms with Crippen molar-refractivity contribution in [2.24, 2.45) is 7.05 Å². The van der Waals surface area contributed by atoms with E-state index in [2.05, 4.69) is 31.2 Å². The summed E-state index contributed by atoms with van der Waals surface area (Å²) in [5, 5.41) is 12.6. The molecular weight excluding hydrogens is 362 g/mol. The molecule has 0 aromatic carbocycles. The van der Waals surface area contributed by atoms with Gasteiger partial charge in [0, 0.05) is 58.6 Å². The van der Waals surface area contributed by atoms with Gasteiger partial charge in [-0.1, -0.05) is 0 Å². The number of hydrogen-bond acceptors (Lipinski definition) is 8. The van der Waals surface area contributed by atoms with E-state index in [1.165, 1.54) is 7.11 Å². The fourth-order valence-electron chi connectivity index (χ4n) is 3.57. The summed E-state index contributed by atoms with van der Waals surface area (Å²) in [7, 11) is 3.30. The van der Waals surface area contributed by atoms with E-state index < -0.39 is 0 Å². The molecular formula is C18H25N7O3. The minimum atomic E-state index is -0.0576. The SMILES string of the molecule is COc1nn(C)cc1C(=O)N1CCN(c2cc(N3CCOCC3)cnn2)CC1. The number of piperazine rings is 1. The van der Waals surface area contributed by atoms with Gasteiger partial charge >= 0.3 is 0 Å². The van der Waals surface area contributed by atoms with Crippen LogP contribution in [0.2, 0.25) is 0 Å². The molecule has 4 rings (SSSR count). The number of ether oxygens (including phenoxy) is 2. The molecule has 1 amide bonds. The second-order valence-electron chi connectivity index (χ2n) is 6.88. The summed E-state index contributed by atoms with van der Waals surface area (Å²) in [5.74, 6) is 1.15. The molecule has 2 saturated heterocycles. The lowest BCUT2D eigenvalue weighted by molar-refractivity contribution is 0.0743. The van der Waals surface area contributed by atoms with E-state index in [9.17, 15) is 4.79 Å². The highest BCUT2D eigenvalue weighted by Gasteiger charge is 2.27. The highest BCUT2D eigenvalue weighted by Crippen LogP contribution is 2.22. The van der Waals surface area contributed by atoms with Gasteiger partial charge in [0.05, 0.1) is 32.2 Å². The topological polar surface area (TPSA) is 88.9 Å². The number of nitrogens with zero attached hydrogens (tertiary/aromatic N) is 7. The molecule has 0 aliphatic carbocycles. The van der Waals surface area contributed by atoms with E-state index in [0.717, 1.165) is 37.8 Å². The van der Waals surface area contributed by atoms with Crippen LogP contribution in [-0.2, 0) is 11.8 Å². The largest absolute Gasteiger partial charge is 0.479 e. The van der Waals surface area contributed by atoms with Crippen LogP contribution in [0, 0.1) is 0 Å². The number of aryl methyl sites for hydroxylation is 1. The van der Waals surface area contributed by atoms with Crippen molar-refractivity contribution in [2.75, 3.05) is 69.4 Å². The molecule has 0 saturated carbocycles. The zero-order valence-electron chi connectivity index (χ0n) is 16.2. The van der Waals surface area contributed by atoms with Crippen molar-refractivity contribution in [3.8, 4) is 5.88 Å². The van der Waals surface area contributed by atoms with Crippen molar-refractivity contribution < 1.29 is 14.3 Å². The van der Waals surface area contributed by atoms with Crippen LogP contribution in [0.25, 0.3) is 0 Å². The van der Waals surface area contributed by atoms with E-state index in [4.69, 9.17) is 9.47 Å². The van der Waals surface area contributed by atoms with Crippen molar-refractivity contribution in [2.45, 2.75) is 0 Å². The Morgan fingerprint density at radius 3 is 2.57 bits per heavy atom. The van der Waals surface area contributed by atoms with Crippen molar-refractivity contribution >= 4 is 17.4 Å². The molecule has 2 aromatic rings. The minimum Gasteiger partial charge on any atom is -0.479 e. The maximum absolute atomic E-state index is 12.8. The predicted molar refractivity (Wildman–Crippen MR) is 103 cm³/mol. The standard InChI is InChI=1S/C18H25N7O3/c1-22-13-15(17(21-22)27-2)18(26)25-5-3-24(4-6-25)16-11-14(12-19-20-16)23-7-9-28-10-8-23/h11-13H,3-10H2,1-2H3. The number of anilines is 2. The molecule has 4 heterocycles. The highest BCUT2D eigenvalue weighted by molar-refractivity contribution is 5.96. The third-order valence-corrected chi connectivity index (χ3v) is 5.11. The van der Waals surface area contributed by atoms with Gasteiger partial charge in [0.15, 0.2) is 5.82 Å². The van der Waals surface area contributed by atoms with Crippen LogP contribution in [0.4, 0.5) is 11.5 Å². The monoisotopic (exact) mass is 387 g/mol. The normalized spacial score (nSPS) is 17.7. The number of rotatable bonds is 4. The molecule has 150 valence electrons. The number of aromatic nitrogens is 4. The van der Waals surface area contributed by atoms with Gasteiger partial charge in [-0.2, -0.15) is 5.10 Å². The molecule has 0 N–H and O–H groups in total. The fraction of sp³-hybridized carbons (Fsp3) is 0.556. The van der Waals surface area contributed by atoms with Crippen LogP contribution >= 0.6 is 0 Å². The Balaban J connectivity index is 1.40. The molecule has 0 unspecified atom stereocenters. The lowest BCUT2D eigenvalue weighted by atomic mass is 10.2. The van der Waals surface area contributed by atoms with E-state index in [1.807, 2.05) is 4.90 Å². The lowest BCUT2D eigenvalue weighted by Gasteiger charge is -2.35. The van der Waals surface area contributed by atoms with Gasteiger partial charge in [-0.15, -0.1) is 10.2 Å². The number of amides is 1. The summed E-state index contributed by atoms with van der Waals surface area (Å²) in [5.41, 5.74) is 1.56. The van der Waals surface area contributed by atoms with Crippen LogP contribution in [0.15, 0.2) is 18.5 Å². The Kier molecular flexibility index (Phi) is 5.29. The minimum absolute atomic E-state index is 0.0576. The second kappa shape index (κ2) is 8.01. The number of hydrogen-bond donors (Lipinski definition) is 0. The van der Waals surface area contributed by atoms with Gasteiger partial charge in [-0.25, -0.2) is 0 Å². The number of morpholine rings is 1. The molecule has 0 bridgehead atoms. The Bertz CT molecular complexity index is 826. The van der Waals surface area contributed by atoms with Gasteiger partial charge < -0.3 is 24.2 Å². The summed E-state index contributed by atoms with van der Waals surface area (Å²) in [4.78, 5) is 19.1. The Hall–Kier alpha value is -2.88. The quantitative estimate of drug-likeness (QED) is 0.725. The van der Waals surface area contributed by atoms with Crippen LogP contribution in [-0.4, -0.2) is 90.4 Å². The summed E-state index contributed by atoms with van der Waals surface area (Å²) >= 11 is 0. The van der Waals surface area contributed by atoms with Gasteiger partial charge in [0.2, 0.25) is 5.88 Å². The van der Waals surface area contributed by atoms with Crippen molar-refractivity contribution in [3.63, 3.8) is 0 Å². The number of carbonyl (C=O) groups is 1. The first-order chi connectivity index (χ1) is 13.7. The molecule has 2 fully saturated rings. The van der Waals surface area contributed by atoms with Crippen LogP contribution in [0.5, 0.6) is 5.88 Å². The zero-order valence-corrected chi connectivity index (χ0v) is 16.2.